The second kappa shape index (κ2) is 15.9. The lowest BCUT2D eigenvalue weighted by Gasteiger charge is -2.36. The van der Waals surface area contributed by atoms with Crippen LogP contribution in [0.3, 0.4) is 0 Å². The van der Waals surface area contributed by atoms with Gasteiger partial charge in [-0.05, 0) is 37.0 Å². The third kappa shape index (κ3) is 11.0. The Hall–Kier alpha value is -0.870. The molecule has 31 heavy (non-hydrogen) atoms. The lowest BCUT2D eigenvalue weighted by atomic mass is 9.75. The molecule has 1 saturated carbocycles. The lowest BCUT2D eigenvalue weighted by Crippen LogP contribution is -2.35. The maximum absolute atomic E-state index is 6.35. The van der Waals surface area contributed by atoms with Crippen LogP contribution < -0.4 is 4.57 Å². The monoisotopic (exact) mass is 435 g/mol. The third-order valence-electron chi connectivity index (χ3n) is 7.03. The first-order valence-corrected chi connectivity index (χ1v) is 13.3. The smallest absolute Gasteiger partial charge is 0.247 e. The first-order valence-electron chi connectivity index (χ1n) is 13.3. The zero-order chi connectivity index (χ0) is 22.3. The Kier molecular flexibility index (Phi) is 13.5. The fraction of sp³-hybridized carbons (Fsp3) is 0.889. The number of aromatic nitrogens is 2. The Labute approximate surface area is 192 Å². The van der Waals surface area contributed by atoms with E-state index in [2.05, 4.69) is 55.6 Å². The van der Waals surface area contributed by atoms with Crippen LogP contribution in [-0.2, 0) is 22.9 Å². The molecule has 0 unspecified atom stereocenters. The minimum atomic E-state index is 0.396. The van der Waals surface area contributed by atoms with Gasteiger partial charge < -0.3 is 9.47 Å². The molecule has 3 atom stereocenters. The van der Waals surface area contributed by atoms with E-state index in [4.69, 9.17) is 9.47 Å². The van der Waals surface area contributed by atoms with E-state index in [1.165, 1.54) is 83.5 Å². The fourth-order valence-corrected chi connectivity index (χ4v) is 4.94. The molecule has 1 fully saturated rings. The van der Waals surface area contributed by atoms with Crippen molar-refractivity contribution < 1.29 is 14.0 Å². The molecule has 0 radical (unpaired) electrons. The highest BCUT2D eigenvalue weighted by Gasteiger charge is 2.31. The average molecular weight is 436 g/mol. The van der Waals surface area contributed by atoms with Crippen LogP contribution in [-0.4, -0.2) is 17.3 Å². The van der Waals surface area contributed by atoms with Gasteiger partial charge in [0.15, 0.2) is 13.5 Å². The van der Waals surface area contributed by atoms with Crippen LogP contribution >= 0.6 is 0 Å². The van der Waals surface area contributed by atoms with Crippen molar-refractivity contribution in [1.29, 1.82) is 0 Å². The molecule has 4 nitrogen and oxygen atoms in total. The second-order valence-corrected chi connectivity index (χ2v) is 10.3. The van der Waals surface area contributed by atoms with Gasteiger partial charge in [-0.1, -0.05) is 91.9 Å². The topological polar surface area (TPSA) is 27.3 Å². The summed E-state index contributed by atoms with van der Waals surface area (Å²) in [5.41, 5.74) is 0. The van der Waals surface area contributed by atoms with Gasteiger partial charge in [0, 0.05) is 0 Å². The van der Waals surface area contributed by atoms with Crippen LogP contribution in [0.4, 0.5) is 0 Å². The number of imidazole rings is 1. The van der Waals surface area contributed by atoms with Gasteiger partial charge in [0.2, 0.25) is 6.33 Å². The summed E-state index contributed by atoms with van der Waals surface area (Å²) in [4.78, 5) is 0. The molecular formula is C27H51N2O2+. The van der Waals surface area contributed by atoms with Crippen molar-refractivity contribution in [3.05, 3.63) is 18.7 Å². The van der Waals surface area contributed by atoms with Crippen molar-refractivity contribution in [2.24, 2.45) is 17.8 Å². The SMILES string of the molecule is CCCCCCCCCCCCOC[n+]1ccn(CO[C@@H]2C[C@H](C)CC[C@H]2C(C)C)c1. The van der Waals surface area contributed by atoms with E-state index in [0.717, 1.165) is 12.5 Å². The predicted molar refractivity (Wildman–Crippen MR) is 129 cm³/mol. The maximum atomic E-state index is 6.35. The molecule has 1 heterocycles. The third-order valence-corrected chi connectivity index (χ3v) is 7.03. The van der Waals surface area contributed by atoms with Crippen LogP contribution in [0.15, 0.2) is 18.7 Å². The van der Waals surface area contributed by atoms with E-state index in [0.29, 0.717) is 31.4 Å². The zero-order valence-electron chi connectivity index (χ0n) is 21.1. The lowest BCUT2D eigenvalue weighted by molar-refractivity contribution is -0.732. The maximum Gasteiger partial charge on any atom is 0.247 e. The van der Waals surface area contributed by atoms with Crippen molar-refractivity contribution in [1.82, 2.24) is 4.57 Å². The highest BCUT2D eigenvalue weighted by Crippen LogP contribution is 2.35. The van der Waals surface area contributed by atoms with Gasteiger partial charge in [0.25, 0.3) is 0 Å². The number of hydrogen-bond donors (Lipinski definition) is 0. The van der Waals surface area contributed by atoms with Gasteiger partial charge >= 0.3 is 0 Å². The Morgan fingerprint density at radius 2 is 1.65 bits per heavy atom. The second-order valence-electron chi connectivity index (χ2n) is 10.3. The summed E-state index contributed by atoms with van der Waals surface area (Å²) in [7, 11) is 0. The molecule has 1 aromatic heterocycles. The van der Waals surface area contributed by atoms with Gasteiger partial charge in [-0.15, -0.1) is 0 Å². The average Bonchev–Trinajstić information content (AvgIpc) is 3.20. The Morgan fingerprint density at radius 1 is 0.968 bits per heavy atom. The summed E-state index contributed by atoms with van der Waals surface area (Å²) in [6.45, 7) is 11.5. The number of nitrogens with zero attached hydrogens (tertiary/aromatic N) is 2. The van der Waals surface area contributed by atoms with Crippen LogP contribution in [0.5, 0.6) is 0 Å². The number of rotatable bonds is 17. The molecule has 1 aliphatic carbocycles. The van der Waals surface area contributed by atoms with Gasteiger partial charge in [-0.3, -0.25) is 0 Å². The van der Waals surface area contributed by atoms with Crippen molar-refractivity contribution in [3.8, 4) is 0 Å². The minimum absolute atomic E-state index is 0.396. The highest BCUT2D eigenvalue weighted by molar-refractivity contribution is 4.81. The molecule has 0 aromatic carbocycles. The van der Waals surface area contributed by atoms with Crippen molar-refractivity contribution in [3.63, 3.8) is 0 Å². The molecule has 0 amide bonds. The van der Waals surface area contributed by atoms with Crippen molar-refractivity contribution in [2.75, 3.05) is 6.61 Å². The molecule has 0 saturated heterocycles. The van der Waals surface area contributed by atoms with Gasteiger partial charge in [-0.2, -0.15) is 0 Å². The molecule has 180 valence electrons. The number of hydrogen-bond acceptors (Lipinski definition) is 2. The van der Waals surface area contributed by atoms with Crippen molar-refractivity contribution in [2.45, 2.75) is 131 Å². The predicted octanol–water partition coefficient (Wildman–Crippen LogP) is 7.11. The highest BCUT2D eigenvalue weighted by atomic mass is 16.5. The molecule has 1 aliphatic rings. The molecular weight excluding hydrogens is 384 g/mol. The molecule has 0 bridgehead atoms. The summed E-state index contributed by atoms with van der Waals surface area (Å²) in [6.07, 6.45) is 24.2. The van der Waals surface area contributed by atoms with Gasteiger partial charge in [0.05, 0.1) is 12.7 Å². The van der Waals surface area contributed by atoms with E-state index in [1.54, 1.807) is 0 Å². The Bertz CT molecular complexity index is 557. The van der Waals surface area contributed by atoms with E-state index in [-0.39, 0.29) is 0 Å². The standard InChI is InChI=1S/C27H51N2O2/c1-5-6-7-8-9-10-11-12-13-14-19-30-22-28-17-18-29(21-28)23-31-27-20-25(4)15-16-26(27)24(2)3/h17-18,21,24-27H,5-16,19-20,22-23H2,1-4H3/q+1/t25-,26+,27-/m1/s1. The van der Waals surface area contributed by atoms with E-state index < -0.39 is 0 Å². The summed E-state index contributed by atoms with van der Waals surface area (Å²) >= 11 is 0. The molecule has 1 aromatic rings. The number of unbranched alkanes of at least 4 members (excludes halogenated alkanes) is 9. The summed E-state index contributed by atoms with van der Waals surface area (Å²) < 4.78 is 16.5. The normalized spacial score (nSPS) is 21.8. The summed E-state index contributed by atoms with van der Waals surface area (Å²) in [6, 6.07) is 0. The first-order chi connectivity index (χ1) is 15.1. The zero-order valence-corrected chi connectivity index (χ0v) is 21.1. The van der Waals surface area contributed by atoms with Crippen LogP contribution in [0.25, 0.3) is 0 Å². The molecule has 0 N–H and O–H groups in total. The minimum Gasteiger partial charge on any atom is -0.342 e. The van der Waals surface area contributed by atoms with Gasteiger partial charge in [0.1, 0.15) is 12.4 Å². The quantitative estimate of drug-likeness (QED) is 0.193. The molecule has 0 aliphatic heterocycles. The summed E-state index contributed by atoms with van der Waals surface area (Å²) in [5.74, 6) is 2.18. The van der Waals surface area contributed by atoms with E-state index in [1.807, 2.05) is 0 Å². The fourth-order valence-electron chi connectivity index (χ4n) is 4.94. The van der Waals surface area contributed by atoms with Gasteiger partial charge in [-0.25, -0.2) is 9.13 Å². The Balaban J connectivity index is 1.51. The largest absolute Gasteiger partial charge is 0.342 e. The molecule has 2 rings (SSSR count). The molecule has 4 heteroatoms. The Morgan fingerprint density at radius 3 is 2.32 bits per heavy atom. The van der Waals surface area contributed by atoms with Crippen molar-refractivity contribution >= 4 is 0 Å². The van der Waals surface area contributed by atoms with E-state index in [9.17, 15) is 0 Å². The molecule has 0 spiro atoms. The number of ether oxygens (including phenoxy) is 2. The van der Waals surface area contributed by atoms with E-state index >= 15 is 0 Å². The van der Waals surface area contributed by atoms with Crippen LogP contribution in [0.2, 0.25) is 0 Å². The first kappa shape index (κ1) is 26.4. The van der Waals surface area contributed by atoms with Crippen LogP contribution in [0, 0.1) is 17.8 Å². The van der Waals surface area contributed by atoms with Crippen LogP contribution in [0.1, 0.15) is 111 Å². The summed E-state index contributed by atoms with van der Waals surface area (Å²) in [5, 5.41) is 0.